The smallest absolute Gasteiger partial charge is 0.264 e. The van der Waals surface area contributed by atoms with Crippen molar-refractivity contribution in [3.05, 3.63) is 71.8 Å². The van der Waals surface area contributed by atoms with Crippen molar-refractivity contribution in [3.8, 4) is 11.5 Å². The molecule has 0 aliphatic carbocycles. The first-order valence-electron chi connectivity index (χ1n) is 13.9. The summed E-state index contributed by atoms with van der Waals surface area (Å²) < 4.78 is 39.9. The maximum atomic E-state index is 13.2. The van der Waals surface area contributed by atoms with Gasteiger partial charge in [0.25, 0.3) is 15.9 Å². The average Bonchev–Trinajstić information content (AvgIpc) is 3.67. The second kappa shape index (κ2) is 13.0. The number of rotatable bonds is 9. The molecule has 3 aromatic carbocycles. The molecule has 228 valence electrons. The zero-order valence-electron chi connectivity index (χ0n) is 24.0. The molecule has 1 fully saturated rings. The van der Waals surface area contributed by atoms with E-state index in [1.165, 1.54) is 16.4 Å². The normalized spacial score (nSPS) is 15.2. The van der Waals surface area contributed by atoms with Crippen LogP contribution in [0, 0.1) is 0 Å². The highest BCUT2D eigenvalue weighted by atomic mass is 35.5. The molecule has 10 nitrogen and oxygen atoms in total. The number of anilines is 2. The van der Waals surface area contributed by atoms with Gasteiger partial charge in [0.15, 0.2) is 5.13 Å². The third kappa shape index (κ3) is 6.10. The lowest BCUT2D eigenvalue weighted by atomic mass is 10.2. The molecule has 2 aliphatic rings. The van der Waals surface area contributed by atoms with Crippen molar-refractivity contribution in [2.75, 3.05) is 69.2 Å². The fraction of sp³-hybridized carbons (Fsp3) is 0.333. The summed E-state index contributed by atoms with van der Waals surface area (Å²) in [6.07, 6.45) is 0.692. The van der Waals surface area contributed by atoms with Crippen molar-refractivity contribution in [1.82, 2.24) is 15.2 Å². The van der Waals surface area contributed by atoms with E-state index in [2.05, 4.69) is 15.1 Å². The molecule has 13 heteroatoms. The number of methoxy groups -OCH3 is 2. The molecule has 1 amide bonds. The van der Waals surface area contributed by atoms with Gasteiger partial charge in [0.2, 0.25) is 0 Å². The van der Waals surface area contributed by atoms with Crippen LogP contribution >= 0.6 is 23.7 Å². The number of thiazole rings is 1. The summed E-state index contributed by atoms with van der Waals surface area (Å²) >= 11 is 1.61. The fourth-order valence-electron chi connectivity index (χ4n) is 5.47. The Morgan fingerprint density at radius 3 is 2.35 bits per heavy atom. The van der Waals surface area contributed by atoms with Gasteiger partial charge in [0.1, 0.15) is 21.7 Å². The molecule has 0 radical (unpaired) electrons. The largest absolute Gasteiger partial charge is 0.495 e. The van der Waals surface area contributed by atoms with E-state index in [1.807, 2.05) is 36.4 Å². The Bertz CT molecular complexity index is 1660. The molecule has 3 heterocycles. The molecule has 6 rings (SSSR count). The van der Waals surface area contributed by atoms with Crippen LogP contribution in [0.5, 0.6) is 11.5 Å². The Labute approximate surface area is 261 Å². The number of amides is 1. The minimum atomic E-state index is -3.69. The first-order chi connectivity index (χ1) is 20.4. The molecule has 4 aromatic rings. The third-order valence-electron chi connectivity index (χ3n) is 7.80. The Morgan fingerprint density at radius 2 is 1.63 bits per heavy atom. The number of aromatic nitrogens is 1. The average molecular weight is 644 g/mol. The summed E-state index contributed by atoms with van der Waals surface area (Å²) in [5.74, 6) is 1.30. The maximum absolute atomic E-state index is 13.2. The van der Waals surface area contributed by atoms with E-state index in [9.17, 15) is 13.2 Å². The van der Waals surface area contributed by atoms with Crippen LogP contribution < -0.4 is 24.0 Å². The maximum Gasteiger partial charge on any atom is 0.264 e. The lowest BCUT2D eigenvalue weighted by Crippen LogP contribution is -2.48. The molecule has 0 unspecified atom stereocenters. The number of nitrogens with zero attached hydrogens (tertiary/aromatic N) is 4. The highest BCUT2D eigenvalue weighted by Crippen LogP contribution is 2.40. The first-order valence-corrected chi connectivity index (χ1v) is 16.1. The van der Waals surface area contributed by atoms with Gasteiger partial charge in [-0.05, 0) is 54.4 Å². The Kier molecular flexibility index (Phi) is 9.30. The number of hydrogen-bond donors (Lipinski definition) is 1. The molecule has 0 spiro atoms. The Morgan fingerprint density at radius 1 is 0.930 bits per heavy atom. The fourth-order valence-corrected chi connectivity index (χ4v) is 8.09. The number of carbonyl (C=O) groups excluding carboxylic acids is 1. The van der Waals surface area contributed by atoms with E-state index >= 15 is 0 Å². The topological polar surface area (TPSA) is 104 Å². The molecule has 0 atom stereocenters. The minimum Gasteiger partial charge on any atom is -0.495 e. The SMILES string of the molecule is COc1ccc(OC)c2sc(N3CCN(CCNC(=O)c4ccc(S(=O)(=O)N5CCc6ccccc65)cc4)CC3)nc12.Cl. The summed E-state index contributed by atoms with van der Waals surface area (Å²) in [5.41, 5.74) is 2.99. The number of carbonyl (C=O) groups is 1. The predicted molar refractivity (Wildman–Crippen MR) is 172 cm³/mol. The van der Waals surface area contributed by atoms with Crippen LogP contribution in [0.3, 0.4) is 0 Å². The highest BCUT2D eigenvalue weighted by Gasteiger charge is 2.30. The third-order valence-corrected chi connectivity index (χ3v) is 10.8. The Hall–Kier alpha value is -3.58. The number of piperazine rings is 1. The van der Waals surface area contributed by atoms with Gasteiger partial charge in [-0.25, -0.2) is 13.4 Å². The van der Waals surface area contributed by atoms with Gasteiger partial charge in [-0.3, -0.25) is 14.0 Å². The Balaban J connectivity index is 0.00000368. The number of nitrogens with one attached hydrogen (secondary N) is 1. The number of benzene rings is 3. The second-order valence-corrected chi connectivity index (χ2v) is 13.0. The van der Waals surface area contributed by atoms with Crippen molar-refractivity contribution in [3.63, 3.8) is 0 Å². The molecular weight excluding hydrogens is 610 g/mol. The van der Waals surface area contributed by atoms with Crippen molar-refractivity contribution in [1.29, 1.82) is 0 Å². The van der Waals surface area contributed by atoms with Gasteiger partial charge in [0, 0.05) is 51.4 Å². The van der Waals surface area contributed by atoms with E-state index in [1.54, 1.807) is 37.7 Å². The van der Waals surface area contributed by atoms with Crippen molar-refractivity contribution in [2.45, 2.75) is 11.3 Å². The van der Waals surface area contributed by atoms with Crippen LogP contribution in [-0.4, -0.2) is 84.2 Å². The molecule has 1 N–H and O–H groups in total. The molecular formula is C30H34ClN5O5S2. The van der Waals surface area contributed by atoms with Crippen LogP contribution in [0.1, 0.15) is 15.9 Å². The highest BCUT2D eigenvalue weighted by molar-refractivity contribution is 7.92. The lowest BCUT2D eigenvalue weighted by Gasteiger charge is -2.34. The molecule has 0 bridgehead atoms. The van der Waals surface area contributed by atoms with E-state index in [-0.39, 0.29) is 23.2 Å². The van der Waals surface area contributed by atoms with Crippen LogP contribution in [-0.2, 0) is 16.4 Å². The van der Waals surface area contributed by atoms with Crippen LogP contribution in [0.4, 0.5) is 10.8 Å². The molecule has 1 aromatic heterocycles. The minimum absolute atomic E-state index is 0. The van der Waals surface area contributed by atoms with Gasteiger partial charge in [-0.1, -0.05) is 29.5 Å². The molecule has 2 aliphatic heterocycles. The zero-order chi connectivity index (χ0) is 29.3. The number of fused-ring (bicyclic) bond motifs is 2. The quantitative estimate of drug-likeness (QED) is 0.292. The predicted octanol–water partition coefficient (Wildman–Crippen LogP) is 4.04. The summed E-state index contributed by atoms with van der Waals surface area (Å²) in [6.45, 7) is 5.01. The van der Waals surface area contributed by atoms with Crippen LogP contribution in [0.25, 0.3) is 10.2 Å². The van der Waals surface area contributed by atoms with Gasteiger partial charge < -0.3 is 19.7 Å². The summed E-state index contributed by atoms with van der Waals surface area (Å²) in [6, 6.07) is 17.5. The van der Waals surface area contributed by atoms with Gasteiger partial charge >= 0.3 is 0 Å². The van der Waals surface area contributed by atoms with Gasteiger partial charge in [-0.2, -0.15) is 0 Å². The lowest BCUT2D eigenvalue weighted by molar-refractivity contribution is 0.0947. The number of para-hydroxylation sites is 1. The standard InChI is InChI=1S/C30H33N5O5S2.ClH/c1-39-25-11-12-26(40-2)28-27(25)32-30(41-28)34-19-17-33(18-20-34)16-14-31-29(36)22-7-9-23(10-8-22)42(37,38)35-15-13-21-5-3-4-6-24(21)35;/h3-12H,13-20H2,1-2H3,(H,31,36);1H. The van der Waals surface area contributed by atoms with Crippen molar-refractivity contribution < 1.29 is 22.7 Å². The van der Waals surface area contributed by atoms with Crippen molar-refractivity contribution in [2.24, 2.45) is 0 Å². The van der Waals surface area contributed by atoms with E-state index in [0.29, 0.717) is 25.1 Å². The summed E-state index contributed by atoms with van der Waals surface area (Å²) in [4.78, 5) is 22.4. The van der Waals surface area contributed by atoms with Crippen molar-refractivity contribution >= 4 is 60.7 Å². The van der Waals surface area contributed by atoms with Gasteiger partial charge in [-0.15, -0.1) is 12.4 Å². The monoisotopic (exact) mass is 643 g/mol. The molecule has 0 saturated carbocycles. The zero-order valence-corrected chi connectivity index (χ0v) is 26.4. The summed E-state index contributed by atoms with van der Waals surface area (Å²) in [5, 5.41) is 3.91. The van der Waals surface area contributed by atoms with Crippen LogP contribution in [0.15, 0.2) is 65.6 Å². The number of sulfonamides is 1. The second-order valence-electron chi connectivity index (χ2n) is 10.2. The number of halogens is 1. The number of ether oxygens (including phenoxy) is 2. The molecule has 1 saturated heterocycles. The molecule has 43 heavy (non-hydrogen) atoms. The van der Waals surface area contributed by atoms with Gasteiger partial charge in [0.05, 0.1) is 24.8 Å². The first kappa shape index (κ1) is 30.9. The van der Waals surface area contributed by atoms with Crippen LogP contribution in [0.2, 0.25) is 0 Å². The van der Waals surface area contributed by atoms with E-state index in [4.69, 9.17) is 14.5 Å². The summed E-state index contributed by atoms with van der Waals surface area (Å²) in [7, 11) is -0.387. The van der Waals surface area contributed by atoms with E-state index in [0.717, 1.165) is 70.8 Å². The van der Waals surface area contributed by atoms with E-state index < -0.39 is 10.0 Å². The number of hydrogen-bond acceptors (Lipinski definition) is 9.